The fourth-order valence-corrected chi connectivity index (χ4v) is 2.58. The largest absolute Gasteiger partial charge is 0.444 e. The van der Waals surface area contributed by atoms with Crippen LogP contribution in [0.5, 0.6) is 0 Å². The second-order valence-corrected chi connectivity index (χ2v) is 6.96. The molecule has 0 spiro atoms. The summed E-state index contributed by atoms with van der Waals surface area (Å²) in [7, 11) is 0. The summed E-state index contributed by atoms with van der Waals surface area (Å²) in [5, 5.41) is 2.82. The molecule has 1 aliphatic rings. The highest BCUT2D eigenvalue weighted by atomic mass is 35.5. The van der Waals surface area contributed by atoms with Gasteiger partial charge in [-0.05, 0) is 51.1 Å². The molecule has 0 bridgehead atoms. The Balaban J connectivity index is 1.80. The summed E-state index contributed by atoms with van der Waals surface area (Å²) in [6.07, 6.45) is 2.34. The number of hydrogen-bond donors (Lipinski definition) is 1. The molecule has 23 heavy (non-hydrogen) atoms. The Labute approximate surface area is 140 Å². The fraction of sp³-hybridized carbons (Fsp3) is 0.667. The van der Waals surface area contributed by atoms with Crippen LogP contribution in [0, 0.1) is 11.7 Å². The zero-order valence-corrected chi connectivity index (χ0v) is 14.4. The molecule has 0 radical (unpaired) electrons. The Bertz CT molecular complexity index is 557. The summed E-state index contributed by atoms with van der Waals surface area (Å²) < 4.78 is 19.0. The summed E-state index contributed by atoms with van der Waals surface area (Å²) in [5.41, 5.74) is -0.503. The van der Waals surface area contributed by atoms with Gasteiger partial charge in [-0.25, -0.2) is 14.2 Å². The Morgan fingerprint density at radius 3 is 2.74 bits per heavy atom. The molecule has 6 nitrogen and oxygen atoms in total. The van der Waals surface area contributed by atoms with E-state index in [-0.39, 0.29) is 11.1 Å². The lowest BCUT2D eigenvalue weighted by molar-refractivity contribution is 0.0517. The number of ether oxygens (including phenoxy) is 1. The average Bonchev–Trinajstić information content (AvgIpc) is 2.46. The van der Waals surface area contributed by atoms with Gasteiger partial charge in [0.1, 0.15) is 5.60 Å². The van der Waals surface area contributed by atoms with E-state index >= 15 is 0 Å². The molecule has 2 heterocycles. The van der Waals surface area contributed by atoms with E-state index in [1.165, 1.54) is 0 Å². The van der Waals surface area contributed by atoms with Crippen LogP contribution in [0.15, 0.2) is 6.20 Å². The molecule has 1 fully saturated rings. The lowest BCUT2D eigenvalue weighted by Gasteiger charge is -2.33. The van der Waals surface area contributed by atoms with Crippen LogP contribution < -0.4 is 10.2 Å². The maximum Gasteiger partial charge on any atom is 0.407 e. The number of halogens is 2. The molecule has 0 aliphatic carbocycles. The molecule has 1 aromatic rings. The second kappa shape index (κ2) is 7.29. The van der Waals surface area contributed by atoms with E-state index in [0.717, 1.165) is 19.0 Å². The lowest BCUT2D eigenvalue weighted by atomic mass is 9.97. The number of alkyl carbamates (subject to hydrolysis) is 1. The van der Waals surface area contributed by atoms with Crippen molar-refractivity contribution >= 4 is 23.5 Å². The van der Waals surface area contributed by atoms with E-state index in [4.69, 9.17) is 16.3 Å². The Hall–Kier alpha value is -1.63. The first-order valence-electron chi connectivity index (χ1n) is 7.64. The third-order valence-corrected chi connectivity index (χ3v) is 3.73. The molecule has 0 unspecified atom stereocenters. The van der Waals surface area contributed by atoms with Gasteiger partial charge in [0.2, 0.25) is 5.28 Å². The molecule has 2 rings (SSSR count). The van der Waals surface area contributed by atoms with Crippen LogP contribution >= 0.6 is 11.6 Å². The van der Waals surface area contributed by atoms with Crippen molar-refractivity contribution in [2.24, 2.45) is 5.92 Å². The third-order valence-electron chi connectivity index (χ3n) is 3.54. The minimum Gasteiger partial charge on any atom is -0.444 e. The highest BCUT2D eigenvalue weighted by Gasteiger charge is 2.24. The first kappa shape index (κ1) is 17.7. The number of nitrogens with zero attached hydrogens (tertiary/aromatic N) is 3. The van der Waals surface area contributed by atoms with Crippen molar-refractivity contribution in [3.63, 3.8) is 0 Å². The van der Waals surface area contributed by atoms with Crippen molar-refractivity contribution in [1.82, 2.24) is 15.3 Å². The summed E-state index contributed by atoms with van der Waals surface area (Å²) in [6.45, 7) is 7.34. The molecule has 1 N–H and O–H groups in total. The number of carbonyl (C=O) groups is 1. The fourth-order valence-electron chi connectivity index (χ4n) is 2.45. The molecule has 1 aromatic heterocycles. The molecule has 0 saturated carbocycles. The first-order valence-corrected chi connectivity index (χ1v) is 8.02. The standard InChI is InChI=1S/C15H22ClFN4O2/c1-15(2,3)23-14(22)19-8-10-4-6-21(7-5-10)12-11(17)9-18-13(16)20-12/h9-10H,4-8H2,1-3H3,(H,19,22). The molecule has 1 amide bonds. The highest BCUT2D eigenvalue weighted by molar-refractivity contribution is 6.28. The molecule has 0 aromatic carbocycles. The van der Waals surface area contributed by atoms with Crippen LogP contribution in [-0.4, -0.2) is 41.3 Å². The van der Waals surface area contributed by atoms with Crippen LogP contribution in [0.2, 0.25) is 5.28 Å². The van der Waals surface area contributed by atoms with Crippen LogP contribution in [0.1, 0.15) is 33.6 Å². The van der Waals surface area contributed by atoms with Crippen LogP contribution in [0.4, 0.5) is 15.0 Å². The number of aromatic nitrogens is 2. The summed E-state index contributed by atoms with van der Waals surface area (Å²) in [6, 6.07) is 0. The zero-order chi connectivity index (χ0) is 17.0. The van der Waals surface area contributed by atoms with Gasteiger partial charge in [-0.3, -0.25) is 0 Å². The van der Waals surface area contributed by atoms with E-state index in [1.54, 1.807) is 0 Å². The van der Waals surface area contributed by atoms with Gasteiger partial charge in [0.05, 0.1) is 6.20 Å². The van der Waals surface area contributed by atoms with Gasteiger partial charge in [-0.2, -0.15) is 4.98 Å². The van der Waals surface area contributed by atoms with Gasteiger partial charge < -0.3 is 15.0 Å². The first-order chi connectivity index (χ1) is 10.7. The van der Waals surface area contributed by atoms with E-state index in [1.807, 2.05) is 25.7 Å². The number of anilines is 1. The Kier molecular flexibility index (Phi) is 5.62. The predicted octanol–water partition coefficient (Wildman–Crippen LogP) is 3.01. The number of carbonyl (C=O) groups excluding carboxylic acids is 1. The van der Waals surface area contributed by atoms with E-state index in [0.29, 0.717) is 25.6 Å². The third kappa shape index (κ3) is 5.49. The molecule has 128 valence electrons. The zero-order valence-electron chi connectivity index (χ0n) is 13.6. The van der Waals surface area contributed by atoms with Crippen LogP contribution in [-0.2, 0) is 4.74 Å². The maximum atomic E-state index is 13.8. The Morgan fingerprint density at radius 1 is 1.48 bits per heavy atom. The minimum atomic E-state index is -0.503. The molecule has 0 atom stereocenters. The summed E-state index contributed by atoms with van der Waals surface area (Å²) >= 11 is 5.73. The lowest BCUT2D eigenvalue weighted by Crippen LogP contribution is -2.40. The van der Waals surface area contributed by atoms with Crippen molar-refractivity contribution < 1.29 is 13.9 Å². The van der Waals surface area contributed by atoms with E-state index < -0.39 is 17.5 Å². The molecule has 1 aliphatic heterocycles. The van der Waals surface area contributed by atoms with Crippen molar-refractivity contribution in [3.05, 3.63) is 17.3 Å². The summed E-state index contributed by atoms with van der Waals surface area (Å²) in [4.78, 5) is 21.1. The van der Waals surface area contributed by atoms with Crippen molar-refractivity contribution in [2.45, 2.75) is 39.2 Å². The SMILES string of the molecule is CC(C)(C)OC(=O)NCC1CCN(c2nc(Cl)ncc2F)CC1. The average molecular weight is 345 g/mol. The number of rotatable bonds is 3. The van der Waals surface area contributed by atoms with Crippen molar-refractivity contribution in [1.29, 1.82) is 0 Å². The number of nitrogens with one attached hydrogen (secondary N) is 1. The molecular weight excluding hydrogens is 323 g/mol. The van der Waals surface area contributed by atoms with Gasteiger partial charge in [-0.15, -0.1) is 0 Å². The highest BCUT2D eigenvalue weighted by Crippen LogP contribution is 2.24. The quantitative estimate of drug-likeness (QED) is 0.854. The second-order valence-electron chi connectivity index (χ2n) is 6.62. The topological polar surface area (TPSA) is 67.3 Å². The smallest absolute Gasteiger partial charge is 0.407 e. The molecule has 8 heteroatoms. The van der Waals surface area contributed by atoms with Crippen LogP contribution in [0.3, 0.4) is 0 Å². The van der Waals surface area contributed by atoms with Gasteiger partial charge >= 0.3 is 6.09 Å². The van der Waals surface area contributed by atoms with E-state index in [9.17, 15) is 9.18 Å². The number of amides is 1. The van der Waals surface area contributed by atoms with Gasteiger partial charge in [0.25, 0.3) is 0 Å². The minimum absolute atomic E-state index is 0.0371. The molecular formula is C15H22ClFN4O2. The van der Waals surface area contributed by atoms with Gasteiger partial charge in [-0.1, -0.05) is 0 Å². The van der Waals surface area contributed by atoms with Crippen LogP contribution in [0.25, 0.3) is 0 Å². The van der Waals surface area contributed by atoms with Crippen molar-refractivity contribution in [2.75, 3.05) is 24.5 Å². The normalized spacial score (nSPS) is 16.3. The van der Waals surface area contributed by atoms with Crippen molar-refractivity contribution in [3.8, 4) is 0 Å². The number of hydrogen-bond acceptors (Lipinski definition) is 5. The summed E-state index contributed by atoms with van der Waals surface area (Å²) in [5.74, 6) is 0.0995. The van der Waals surface area contributed by atoms with Gasteiger partial charge in [0.15, 0.2) is 11.6 Å². The van der Waals surface area contributed by atoms with E-state index in [2.05, 4.69) is 15.3 Å². The molecule has 1 saturated heterocycles. The van der Waals surface area contributed by atoms with Gasteiger partial charge in [0, 0.05) is 19.6 Å². The number of piperidine rings is 1. The predicted molar refractivity (Wildman–Crippen MR) is 86.2 cm³/mol. The monoisotopic (exact) mass is 344 g/mol. The Morgan fingerprint density at radius 2 is 2.13 bits per heavy atom. The maximum absolute atomic E-state index is 13.8.